The van der Waals surface area contributed by atoms with Crippen molar-refractivity contribution in [1.29, 1.82) is 0 Å². The summed E-state index contributed by atoms with van der Waals surface area (Å²) < 4.78 is 0. The first kappa shape index (κ1) is 12.9. The van der Waals surface area contributed by atoms with Crippen LogP contribution in [0.5, 0.6) is 0 Å². The standard InChI is InChI=1S/C16H22N2/c1-4-10-18(11-5-2)15-9-8-14-7-6-13(3)17-16(14)12-15/h6-9,12H,4-5,10-11H2,1-3H3. The van der Waals surface area contributed by atoms with Crippen molar-refractivity contribution in [1.82, 2.24) is 4.98 Å². The van der Waals surface area contributed by atoms with Gasteiger partial charge < -0.3 is 4.90 Å². The monoisotopic (exact) mass is 242 g/mol. The van der Waals surface area contributed by atoms with E-state index in [1.807, 2.05) is 6.92 Å². The van der Waals surface area contributed by atoms with Crippen LogP contribution in [0.3, 0.4) is 0 Å². The first-order chi connectivity index (χ1) is 8.74. The molecule has 96 valence electrons. The fourth-order valence-electron chi connectivity index (χ4n) is 2.31. The Balaban J connectivity index is 2.37. The van der Waals surface area contributed by atoms with Gasteiger partial charge in [0.2, 0.25) is 0 Å². The number of aromatic nitrogens is 1. The largest absolute Gasteiger partial charge is 0.371 e. The molecule has 2 rings (SSSR count). The highest BCUT2D eigenvalue weighted by Crippen LogP contribution is 2.21. The van der Waals surface area contributed by atoms with Gasteiger partial charge in [-0.15, -0.1) is 0 Å². The van der Waals surface area contributed by atoms with Gasteiger partial charge in [0, 0.05) is 29.9 Å². The highest BCUT2D eigenvalue weighted by Gasteiger charge is 2.05. The summed E-state index contributed by atoms with van der Waals surface area (Å²) >= 11 is 0. The molecular formula is C16H22N2. The molecule has 1 aromatic carbocycles. The normalized spacial score (nSPS) is 10.8. The molecule has 1 aromatic heterocycles. The maximum Gasteiger partial charge on any atom is 0.0725 e. The molecule has 0 atom stereocenters. The quantitative estimate of drug-likeness (QED) is 0.782. The third kappa shape index (κ3) is 2.81. The van der Waals surface area contributed by atoms with Gasteiger partial charge in [0.15, 0.2) is 0 Å². The van der Waals surface area contributed by atoms with E-state index in [1.54, 1.807) is 0 Å². The fraction of sp³-hybridized carbons (Fsp3) is 0.438. The van der Waals surface area contributed by atoms with Crippen molar-refractivity contribution in [2.75, 3.05) is 18.0 Å². The lowest BCUT2D eigenvalue weighted by molar-refractivity contribution is 0.745. The molecule has 18 heavy (non-hydrogen) atoms. The SMILES string of the molecule is CCCN(CCC)c1ccc2ccc(C)nc2c1. The first-order valence-corrected chi connectivity index (χ1v) is 6.87. The lowest BCUT2D eigenvalue weighted by atomic mass is 10.1. The summed E-state index contributed by atoms with van der Waals surface area (Å²) in [4.78, 5) is 7.06. The first-order valence-electron chi connectivity index (χ1n) is 6.87. The summed E-state index contributed by atoms with van der Waals surface area (Å²) in [7, 11) is 0. The predicted octanol–water partition coefficient (Wildman–Crippen LogP) is 4.17. The number of hydrogen-bond donors (Lipinski definition) is 0. The van der Waals surface area contributed by atoms with Crippen molar-refractivity contribution in [3.05, 3.63) is 36.0 Å². The summed E-state index contributed by atoms with van der Waals surface area (Å²) in [5.41, 5.74) is 3.48. The summed E-state index contributed by atoms with van der Waals surface area (Å²) in [6.07, 6.45) is 2.36. The van der Waals surface area contributed by atoms with Gasteiger partial charge in [0.1, 0.15) is 0 Å². The second-order valence-electron chi connectivity index (χ2n) is 4.82. The molecule has 0 spiro atoms. The van der Waals surface area contributed by atoms with Crippen LogP contribution < -0.4 is 4.90 Å². The fourth-order valence-corrected chi connectivity index (χ4v) is 2.31. The van der Waals surface area contributed by atoms with Gasteiger partial charge in [-0.05, 0) is 38.0 Å². The second-order valence-corrected chi connectivity index (χ2v) is 4.82. The third-order valence-corrected chi connectivity index (χ3v) is 3.17. The molecule has 2 aromatic rings. The molecule has 1 heterocycles. The van der Waals surface area contributed by atoms with Crippen LogP contribution in [0.4, 0.5) is 5.69 Å². The zero-order chi connectivity index (χ0) is 13.0. The lowest BCUT2D eigenvalue weighted by Gasteiger charge is -2.24. The van der Waals surface area contributed by atoms with Crippen LogP contribution >= 0.6 is 0 Å². The molecule has 0 saturated carbocycles. The van der Waals surface area contributed by atoms with E-state index in [0.717, 1.165) is 24.3 Å². The number of aryl methyl sites for hydroxylation is 1. The van der Waals surface area contributed by atoms with Gasteiger partial charge in [0.05, 0.1) is 5.52 Å². The number of anilines is 1. The van der Waals surface area contributed by atoms with Crippen molar-refractivity contribution in [2.45, 2.75) is 33.6 Å². The maximum absolute atomic E-state index is 4.61. The van der Waals surface area contributed by atoms with Crippen molar-refractivity contribution >= 4 is 16.6 Å². The van der Waals surface area contributed by atoms with Crippen molar-refractivity contribution in [2.24, 2.45) is 0 Å². The Morgan fingerprint density at radius 3 is 2.33 bits per heavy atom. The van der Waals surface area contributed by atoms with Gasteiger partial charge in [-0.1, -0.05) is 26.0 Å². The number of benzene rings is 1. The van der Waals surface area contributed by atoms with Crippen molar-refractivity contribution in [3.8, 4) is 0 Å². The number of hydrogen-bond acceptors (Lipinski definition) is 2. The number of pyridine rings is 1. The van der Waals surface area contributed by atoms with E-state index < -0.39 is 0 Å². The van der Waals surface area contributed by atoms with Crippen LogP contribution in [-0.2, 0) is 0 Å². The van der Waals surface area contributed by atoms with Crippen molar-refractivity contribution < 1.29 is 0 Å². The molecule has 0 aliphatic rings. The van der Waals surface area contributed by atoms with Gasteiger partial charge in [0.25, 0.3) is 0 Å². The van der Waals surface area contributed by atoms with E-state index >= 15 is 0 Å². The van der Waals surface area contributed by atoms with Crippen LogP contribution in [0.1, 0.15) is 32.4 Å². The maximum atomic E-state index is 4.61. The lowest BCUT2D eigenvalue weighted by Crippen LogP contribution is -2.24. The zero-order valence-electron chi connectivity index (χ0n) is 11.6. The van der Waals surface area contributed by atoms with Crippen molar-refractivity contribution in [3.63, 3.8) is 0 Å². The summed E-state index contributed by atoms with van der Waals surface area (Å²) in [5.74, 6) is 0. The van der Waals surface area contributed by atoms with Crippen LogP contribution in [0.25, 0.3) is 10.9 Å². The Labute approximate surface area is 110 Å². The number of rotatable bonds is 5. The molecule has 0 aliphatic carbocycles. The number of nitrogens with zero attached hydrogens (tertiary/aromatic N) is 2. The minimum absolute atomic E-state index is 1.08. The second kappa shape index (κ2) is 5.85. The highest BCUT2D eigenvalue weighted by molar-refractivity contribution is 5.82. The molecule has 0 fully saturated rings. The molecular weight excluding hydrogens is 220 g/mol. The average Bonchev–Trinajstić information content (AvgIpc) is 2.37. The molecule has 0 radical (unpaired) electrons. The van der Waals surface area contributed by atoms with Gasteiger partial charge >= 0.3 is 0 Å². The average molecular weight is 242 g/mol. The Morgan fingerprint density at radius 2 is 1.67 bits per heavy atom. The molecule has 0 amide bonds. The predicted molar refractivity (Wildman–Crippen MR) is 79.3 cm³/mol. The van der Waals surface area contributed by atoms with Crippen LogP contribution in [-0.4, -0.2) is 18.1 Å². The third-order valence-electron chi connectivity index (χ3n) is 3.17. The minimum Gasteiger partial charge on any atom is -0.371 e. The van der Waals surface area contributed by atoms with E-state index in [1.165, 1.54) is 23.9 Å². The van der Waals surface area contributed by atoms with E-state index in [4.69, 9.17) is 0 Å². The molecule has 0 saturated heterocycles. The van der Waals surface area contributed by atoms with Gasteiger partial charge in [-0.2, -0.15) is 0 Å². The summed E-state index contributed by atoms with van der Waals surface area (Å²) in [6.45, 7) is 8.73. The Kier molecular flexibility index (Phi) is 4.19. The van der Waals surface area contributed by atoms with Gasteiger partial charge in [-0.25, -0.2) is 0 Å². The molecule has 2 nitrogen and oxygen atoms in total. The Morgan fingerprint density at radius 1 is 1.00 bits per heavy atom. The molecule has 0 N–H and O–H groups in total. The van der Waals surface area contributed by atoms with E-state index in [2.05, 4.69) is 54.1 Å². The summed E-state index contributed by atoms with van der Waals surface area (Å²) in [5, 5.41) is 1.22. The molecule has 0 unspecified atom stereocenters. The molecule has 0 aliphatic heterocycles. The minimum atomic E-state index is 1.08. The Hall–Kier alpha value is -1.57. The number of fused-ring (bicyclic) bond motifs is 1. The van der Waals surface area contributed by atoms with Gasteiger partial charge in [-0.3, -0.25) is 4.98 Å². The molecule has 0 bridgehead atoms. The van der Waals surface area contributed by atoms with E-state index in [-0.39, 0.29) is 0 Å². The zero-order valence-corrected chi connectivity index (χ0v) is 11.6. The van der Waals surface area contributed by atoms with E-state index in [9.17, 15) is 0 Å². The highest BCUT2D eigenvalue weighted by atomic mass is 15.1. The smallest absolute Gasteiger partial charge is 0.0725 e. The Bertz CT molecular complexity index is 513. The topological polar surface area (TPSA) is 16.1 Å². The summed E-state index contributed by atoms with van der Waals surface area (Å²) in [6, 6.07) is 10.8. The molecule has 2 heteroatoms. The van der Waals surface area contributed by atoms with Crippen LogP contribution in [0, 0.1) is 6.92 Å². The van der Waals surface area contributed by atoms with Crippen LogP contribution in [0.2, 0.25) is 0 Å². The van der Waals surface area contributed by atoms with Crippen LogP contribution in [0.15, 0.2) is 30.3 Å². The van der Waals surface area contributed by atoms with E-state index in [0.29, 0.717) is 0 Å².